The Morgan fingerprint density at radius 1 is 1.10 bits per heavy atom. The van der Waals surface area contributed by atoms with Gasteiger partial charge in [0.25, 0.3) is 11.5 Å². The molecule has 1 fully saturated rings. The summed E-state index contributed by atoms with van der Waals surface area (Å²) in [6, 6.07) is 14.4. The first-order valence-corrected chi connectivity index (χ1v) is 9.58. The maximum atomic E-state index is 12.7. The van der Waals surface area contributed by atoms with Crippen molar-refractivity contribution < 1.29 is 9.53 Å². The first-order valence-electron chi connectivity index (χ1n) is 9.20. The number of hydrogen-bond donors (Lipinski definition) is 2. The van der Waals surface area contributed by atoms with Crippen molar-refractivity contribution >= 4 is 28.9 Å². The molecule has 7 nitrogen and oxygen atoms in total. The Morgan fingerprint density at radius 2 is 1.83 bits per heavy atom. The standard InChI is InChI=1S/C21H19ClN4O3/c22-15-7-5-14(6-8-15)19-23-13-16(21(28)25-19)20(27)24-17-3-1-2-4-18(17)26-9-11-29-12-10-26/h1-8,13H,9-12H2,(H,24,27)(H,23,25,28). The monoisotopic (exact) mass is 410 g/mol. The zero-order valence-corrected chi connectivity index (χ0v) is 16.3. The number of anilines is 2. The van der Waals surface area contributed by atoms with E-state index in [1.54, 1.807) is 24.3 Å². The number of para-hydroxylation sites is 2. The molecule has 2 N–H and O–H groups in total. The minimum absolute atomic E-state index is 0.0560. The number of morpholine rings is 1. The van der Waals surface area contributed by atoms with Crippen LogP contribution in [0.15, 0.2) is 59.5 Å². The van der Waals surface area contributed by atoms with Gasteiger partial charge in [-0.2, -0.15) is 0 Å². The fourth-order valence-electron chi connectivity index (χ4n) is 3.16. The second kappa shape index (κ2) is 8.46. The third-order valence-electron chi connectivity index (χ3n) is 4.67. The Kier molecular flexibility index (Phi) is 5.59. The first-order chi connectivity index (χ1) is 14.1. The SMILES string of the molecule is O=C(Nc1ccccc1N1CCOCC1)c1cnc(-c2ccc(Cl)cc2)[nH]c1=O. The van der Waals surface area contributed by atoms with E-state index >= 15 is 0 Å². The van der Waals surface area contributed by atoms with Gasteiger partial charge in [-0.25, -0.2) is 4.98 Å². The number of aromatic nitrogens is 2. The van der Waals surface area contributed by atoms with E-state index in [4.69, 9.17) is 16.3 Å². The summed E-state index contributed by atoms with van der Waals surface area (Å²) in [5, 5.41) is 3.42. The van der Waals surface area contributed by atoms with Crippen LogP contribution in [0.4, 0.5) is 11.4 Å². The number of aromatic amines is 1. The zero-order valence-electron chi connectivity index (χ0n) is 15.5. The van der Waals surface area contributed by atoms with E-state index < -0.39 is 11.5 Å². The van der Waals surface area contributed by atoms with E-state index in [0.717, 1.165) is 18.8 Å². The molecule has 0 saturated carbocycles. The summed E-state index contributed by atoms with van der Waals surface area (Å²) in [7, 11) is 0. The summed E-state index contributed by atoms with van der Waals surface area (Å²) < 4.78 is 5.39. The Balaban J connectivity index is 1.56. The van der Waals surface area contributed by atoms with Crippen molar-refractivity contribution in [1.82, 2.24) is 9.97 Å². The lowest BCUT2D eigenvalue weighted by molar-refractivity contribution is 0.102. The minimum Gasteiger partial charge on any atom is -0.378 e. The lowest BCUT2D eigenvalue weighted by atomic mass is 10.2. The van der Waals surface area contributed by atoms with Gasteiger partial charge in [0.2, 0.25) is 0 Å². The summed E-state index contributed by atoms with van der Waals surface area (Å²) >= 11 is 5.89. The molecular weight excluding hydrogens is 392 g/mol. The fraction of sp³-hybridized carbons (Fsp3) is 0.190. The predicted molar refractivity (Wildman–Crippen MR) is 113 cm³/mol. The van der Waals surface area contributed by atoms with Crippen LogP contribution in [-0.2, 0) is 4.74 Å². The molecule has 1 aromatic heterocycles. The maximum Gasteiger partial charge on any atom is 0.264 e. The second-order valence-corrected chi connectivity index (χ2v) is 6.99. The van der Waals surface area contributed by atoms with E-state index in [1.807, 2.05) is 24.3 Å². The third kappa shape index (κ3) is 4.31. The van der Waals surface area contributed by atoms with Crippen LogP contribution in [0.2, 0.25) is 5.02 Å². The molecule has 1 aliphatic rings. The molecule has 1 saturated heterocycles. The molecule has 4 rings (SSSR count). The molecular formula is C21H19ClN4O3. The van der Waals surface area contributed by atoms with E-state index in [1.165, 1.54) is 6.20 Å². The lowest BCUT2D eigenvalue weighted by Gasteiger charge is -2.30. The summed E-state index contributed by atoms with van der Waals surface area (Å²) in [6.45, 7) is 2.76. The normalized spacial score (nSPS) is 13.9. The smallest absolute Gasteiger partial charge is 0.264 e. The molecule has 0 bridgehead atoms. The van der Waals surface area contributed by atoms with Crippen molar-refractivity contribution in [3.63, 3.8) is 0 Å². The molecule has 1 aliphatic heterocycles. The number of halogens is 1. The number of H-pyrrole nitrogens is 1. The number of carbonyl (C=O) groups is 1. The van der Waals surface area contributed by atoms with Crippen LogP contribution in [0, 0.1) is 0 Å². The fourth-order valence-corrected chi connectivity index (χ4v) is 3.29. The first kappa shape index (κ1) is 19.2. The van der Waals surface area contributed by atoms with Crippen LogP contribution in [-0.4, -0.2) is 42.2 Å². The molecule has 3 aromatic rings. The Morgan fingerprint density at radius 3 is 2.55 bits per heavy atom. The van der Waals surface area contributed by atoms with E-state index in [0.29, 0.717) is 35.3 Å². The van der Waals surface area contributed by atoms with Crippen LogP contribution < -0.4 is 15.8 Å². The van der Waals surface area contributed by atoms with Gasteiger partial charge in [-0.05, 0) is 36.4 Å². The molecule has 0 radical (unpaired) electrons. The molecule has 0 aliphatic carbocycles. The van der Waals surface area contributed by atoms with Gasteiger partial charge in [0.1, 0.15) is 11.4 Å². The lowest BCUT2D eigenvalue weighted by Crippen LogP contribution is -2.37. The second-order valence-electron chi connectivity index (χ2n) is 6.55. The van der Waals surface area contributed by atoms with E-state index in [9.17, 15) is 9.59 Å². The number of nitrogens with zero attached hydrogens (tertiary/aromatic N) is 2. The maximum absolute atomic E-state index is 12.7. The molecule has 8 heteroatoms. The molecule has 1 amide bonds. The Bertz CT molecular complexity index is 1080. The van der Waals surface area contributed by atoms with Gasteiger partial charge in [-0.3, -0.25) is 9.59 Å². The van der Waals surface area contributed by atoms with Gasteiger partial charge in [0, 0.05) is 29.9 Å². The van der Waals surface area contributed by atoms with Gasteiger partial charge in [0.15, 0.2) is 0 Å². The van der Waals surface area contributed by atoms with Gasteiger partial charge in [-0.15, -0.1) is 0 Å². The highest BCUT2D eigenvalue weighted by molar-refractivity contribution is 6.30. The van der Waals surface area contributed by atoms with Crippen LogP contribution in [0.3, 0.4) is 0 Å². The molecule has 148 valence electrons. The van der Waals surface area contributed by atoms with Crippen molar-refractivity contribution in [3.05, 3.63) is 75.7 Å². The van der Waals surface area contributed by atoms with Gasteiger partial charge in [-0.1, -0.05) is 23.7 Å². The highest BCUT2D eigenvalue weighted by Crippen LogP contribution is 2.26. The average molecular weight is 411 g/mol. The molecule has 0 spiro atoms. The highest BCUT2D eigenvalue weighted by atomic mass is 35.5. The number of hydrogen-bond acceptors (Lipinski definition) is 5. The topological polar surface area (TPSA) is 87.3 Å². The summed E-state index contributed by atoms with van der Waals surface area (Å²) in [6.07, 6.45) is 1.29. The van der Waals surface area contributed by atoms with Crippen molar-refractivity contribution in [2.45, 2.75) is 0 Å². The Hall–Kier alpha value is -3.16. The van der Waals surface area contributed by atoms with Crippen LogP contribution in [0.25, 0.3) is 11.4 Å². The van der Waals surface area contributed by atoms with E-state index in [-0.39, 0.29) is 5.56 Å². The van der Waals surface area contributed by atoms with Gasteiger partial charge < -0.3 is 19.9 Å². The number of rotatable bonds is 4. The molecule has 2 aromatic carbocycles. The number of benzene rings is 2. The minimum atomic E-state index is -0.512. The van der Waals surface area contributed by atoms with E-state index in [2.05, 4.69) is 20.2 Å². The van der Waals surface area contributed by atoms with Crippen molar-refractivity contribution in [2.75, 3.05) is 36.5 Å². The molecule has 0 atom stereocenters. The largest absolute Gasteiger partial charge is 0.378 e. The van der Waals surface area contributed by atoms with Crippen molar-refractivity contribution in [1.29, 1.82) is 0 Å². The quantitative estimate of drug-likeness (QED) is 0.689. The predicted octanol–water partition coefficient (Wildman–Crippen LogP) is 3.18. The van der Waals surface area contributed by atoms with Crippen molar-refractivity contribution in [3.8, 4) is 11.4 Å². The summed E-state index contributed by atoms with van der Waals surface area (Å²) in [4.78, 5) is 34.3. The van der Waals surface area contributed by atoms with Gasteiger partial charge in [0.05, 0.1) is 24.6 Å². The number of carbonyl (C=O) groups excluding carboxylic acids is 1. The summed E-state index contributed by atoms with van der Waals surface area (Å²) in [5.41, 5.74) is 1.67. The van der Waals surface area contributed by atoms with Crippen molar-refractivity contribution in [2.24, 2.45) is 0 Å². The van der Waals surface area contributed by atoms with Crippen LogP contribution in [0.1, 0.15) is 10.4 Å². The Labute approximate surface area is 172 Å². The molecule has 0 unspecified atom stereocenters. The molecule has 29 heavy (non-hydrogen) atoms. The zero-order chi connectivity index (χ0) is 20.2. The average Bonchev–Trinajstić information content (AvgIpc) is 2.75. The third-order valence-corrected chi connectivity index (χ3v) is 4.92. The molecule has 2 heterocycles. The number of nitrogens with one attached hydrogen (secondary N) is 2. The number of ether oxygens (including phenoxy) is 1. The number of amides is 1. The van der Waals surface area contributed by atoms with Gasteiger partial charge >= 0.3 is 0 Å². The highest BCUT2D eigenvalue weighted by Gasteiger charge is 2.18. The van der Waals surface area contributed by atoms with Crippen LogP contribution >= 0.6 is 11.6 Å². The van der Waals surface area contributed by atoms with Crippen LogP contribution in [0.5, 0.6) is 0 Å². The summed E-state index contributed by atoms with van der Waals surface area (Å²) in [5.74, 6) is -0.140.